The van der Waals surface area contributed by atoms with Gasteiger partial charge in [0.15, 0.2) is 5.17 Å². The fraction of sp³-hybridized carbons (Fsp3) is 0.579. The molecule has 3 rings (SSSR count). The summed E-state index contributed by atoms with van der Waals surface area (Å²) in [5.74, 6) is -0.701. The topological polar surface area (TPSA) is 62.1 Å². The Labute approximate surface area is 183 Å². The second-order valence-corrected chi connectivity index (χ2v) is 16.4. The van der Waals surface area contributed by atoms with Crippen molar-refractivity contribution in [2.45, 2.75) is 42.9 Å². The van der Waals surface area contributed by atoms with E-state index >= 15 is 0 Å². The standard InChI is InChI=1S/C19H25BrF2N2O3SSi/c1-29(2,3)7-6-27-11-24(18(25)26)17-23-19(10-21,14-9-16(14)28-17)13-8-12(20)4-5-15(13)22/h4-5,8,14,16H,6-7,9-11H2,1-3H3,(H,25,26)/t14-,16+,19-/m1/s1. The summed E-state index contributed by atoms with van der Waals surface area (Å²) in [6, 6.07) is 5.27. The Bertz CT molecular complexity index is 823. The van der Waals surface area contributed by atoms with Crippen molar-refractivity contribution in [3.8, 4) is 0 Å². The molecule has 0 bridgehead atoms. The molecule has 3 atom stereocenters. The monoisotopic (exact) mass is 506 g/mol. The minimum absolute atomic E-state index is 0.0143. The maximum atomic E-state index is 14.6. The molecule has 29 heavy (non-hydrogen) atoms. The largest absolute Gasteiger partial charge is 0.465 e. The van der Waals surface area contributed by atoms with Crippen molar-refractivity contribution in [3.05, 3.63) is 34.1 Å². The van der Waals surface area contributed by atoms with Gasteiger partial charge in [0.25, 0.3) is 0 Å². The second kappa shape index (κ2) is 8.64. The Morgan fingerprint density at radius 1 is 1.48 bits per heavy atom. The fourth-order valence-electron chi connectivity index (χ4n) is 3.36. The molecule has 1 heterocycles. The zero-order valence-electron chi connectivity index (χ0n) is 16.6. The lowest BCUT2D eigenvalue weighted by atomic mass is 9.86. The minimum Gasteiger partial charge on any atom is -0.465 e. The van der Waals surface area contributed by atoms with Crippen LogP contribution < -0.4 is 0 Å². The molecule has 0 unspecified atom stereocenters. The van der Waals surface area contributed by atoms with Gasteiger partial charge < -0.3 is 9.84 Å². The second-order valence-electron chi connectivity index (χ2n) is 8.63. The molecule has 0 aromatic heterocycles. The summed E-state index contributed by atoms with van der Waals surface area (Å²) in [4.78, 5) is 17.3. The van der Waals surface area contributed by atoms with E-state index in [9.17, 15) is 18.7 Å². The van der Waals surface area contributed by atoms with Crippen LogP contribution in [0.4, 0.5) is 13.6 Å². The average molecular weight is 507 g/mol. The van der Waals surface area contributed by atoms with Crippen molar-refractivity contribution in [1.29, 1.82) is 0 Å². The molecule has 5 nitrogen and oxygen atoms in total. The Kier molecular flexibility index (Phi) is 6.77. The number of fused-ring (bicyclic) bond motifs is 1. The number of amides is 1. The molecule has 1 aliphatic heterocycles. The van der Waals surface area contributed by atoms with Crippen LogP contribution in [0.15, 0.2) is 27.7 Å². The lowest BCUT2D eigenvalue weighted by Gasteiger charge is -2.34. The van der Waals surface area contributed by atoms with Gasteiger partial charge in [-0.15, -0.1) is 0 Å². The van der Waals surface area contributed by atoms with Gasteiger partial charge in [0.05, 0.1) is 0 Å². The first kappa shape index (κ1) is 22.7. The summed E-state index contributed by atoms with van der Waals surface area (Å²) in [7, 11) is -1.31. The number of nitrogens with zero attached hydrogens (tertiary/aromatic N) is 2. The van der Waals surface area contributed by atoms with E-state index in [2.05, 4.69) is 40.6 Å². The third-order valence-electron chi connectivity index (χ3n) is 5.17. The Morgan fingerprint density at radius 3 is 2.83 bits per heavy atom. The molecule has 0 saturated heterocycles. The van der Waals surface area contributed by atoms with Gasteiger partial charge in [0.2, 0.25) is 0 Å². The summed E-state index contributed by atoms with van der Waals surface area (Å²) in [6.45, 7) is 6.02. The van der Waals surface area contributed by atoms with Gasteiger partial charge in [-0.2, -0.15) is 0 Å². The number of benzene rings is 1. The van der Waals surface area contributed by atoms with E-state index in [0.717, 1.165) is 10.9 Å². The molecule has 1 fully saturated rings. The van der Waals surface area contributed by atoms with Crippen molar-refractivity contribution in [1.82, 2.24) is 4.90 Å². The maximum Gasteiger partial charge on any atom is 0.415 e. The molecule has 10 heteroatoms. The number of carboxylic acid groups (broad SMARTS) is 1. The predicted molar refractivity (Wildman–Crippen MR) is 118 cm³/mol. The molecule has 1 saturated carbocycles. The third kappa shape index (κ3) is 5.03. The first-order valence-corrected chi connectivity index (χ1v) is 14.8. The molecular weight excluding hydrogens is 482 g/mol. The Morgan fingerprint density at radius 2 is 2.21 bits per heavy atom. The van der Waals surface area contributed by atoms with Crippen LogP contribution in [0.25, 0.3) is 0 Å². The molecule has 1 aliphatic carbocycles. The molecule has 0 radical (unpaired) electrons. The summed E-state index contributed by atoms with van der Waals surface area (Å²) in [6.07, 6.45) is -0.553. The zero-order valence-corrected chi connectivity index (χ0v) is 20.0. The van der Waals surface area contributed by atoms with E-state index < -0.39 is 32.2 Å². The van der Waals surface area contributed by atoms with Crippen molar-refractivity contribution in [3.63, 3.8) is 0 Å². The molecule has 1 N–H and O–H groups in total. The number of alkyl halides is 1. The van der Waals surface area contributed by atoms with Gasteiger partial charge >= 0.3 is 6.09 Å². The van der Waals surface area contributed by atoms with Gasteiger partial charge in [-0.1, -0.05) is 47.3 Å². The number of ether oxygens (including phenoxy) is 1. The normalized spacial score (nSPS) is 25.9. The number of amidine groups is 1. The first-order chi connectivity index (χ1) is 13.6. The molecule has 1 amide bonds. The highest BCUT2D eigenvalue weighted by Gasteiger charge is 2.59. The first-order valence-electron chi connectivity index (χ1n) is 9.43. The van der Waals surface area contributed by atoms with Crippen LogP contribution >= 0.6 is 27.7 Å². The minimum atomic E-state index is -1.41. The Hall–Kier alpha value is -0.973. The van der Waals surface area contributed by atoms with E-state index in [1.807, 2.05) is 0 Å². The number of halogens is 3. The van der Waals surface area contributed by atoms with Crippen molar-refractivity contribution in [2.24, 2.45) is 10.9 Å². The van der Waals surface area contributed by atoms with Crippen molar-refractivity contribution < 1.29 is 23.4 Å². The van der Waals surface area contributed by atoms with E-state index in [1.165, 1.54) is 23.9 Å². The number of thioether (sulfide) groups is 1. The number of aliphatic imine (C=N–C) groups is 1. The van der Waals surface area contributed by atoms with Crippen LogP contribution in [0.3, 0.4) is 0 Å². The summed E-state index contributed by atoms with van der Waals surface area (Å²) >= 11 is 4.62. The molecular formula is C19H25BrF2N2O3SSi. The van der Waals surface area contributed by atoms with E-state index in [4.69, 9.17) is 4.74 Å². The average Bonchev–Trinajstić information content (AvgIpc) is 3.41. The maximum absolute atomic E-state index is 14.6. The lowest BCUT2D eigenvalue weighted by Crippen LogP contribution is -2.43. The lowest BCUT2D eigenvalue weighted by molar-refractivity contribution is 0.0700. The van der Waals surface area contributed by atoms with E-state index in [-0.39, 0.29) is 28.6 Å². The van der Waals surface area contributed by atoms with Crippen LogP contribution in [0.5, 0.6) is 0 Å². The van der Waals surface area contributed by atoms with Gasteiger partial charge in [-0.3, -0.25) is 0 Å². The van der Waals surface area contributed by atoms with Crippen LogP contribution in [0.2, 0.25) is 25.7 Å². The van der Waals surface area contributed by atoms with Crippen LogP contribution in [-0.4, -0.2) is 54.6 Å². The number of hydrogen-bond acceptors (Lipinski definition) is 4. The number of carbonyl (C=O) groups is 1. The van der Waals surface area contributed by atoms with Crippen LogP contribution in [0, 0.1) is 11.7 Å². The quantitative estimate of drug-likeness (QED) is 0.299. The molecule has 160 valence electrons. The number of rotatable bonds is 7. The smallest absolute Gasteiger partial charge is 0.415 e. The molecule has 0 spiro atoms. The van der Waals surface area contributed by atoms with Crippen LogP contribution in [0.1, 0.15) is 12.0 Å². The third-order valence-corrected chi connectivity index (χ3v) is 8.72. The molecule has 1 aromatic rings. The van der Waals surface area contributed by atoms with Gasteiger partial charge in [-0.25, -0.2) is 23.5 Å². The van der Waals surface area contributed by atoms with Crippen LogP contribution in [-0.2, 0) is 10.3 Å². The highest BCUT2D eigenvalue weighted by atomic mass is 79.9. The summed E-state index contributed by atoms with van der Waals surface area (Å²) in [5.41, 5.74) is -1.25. The molecule has 1 aromatic carbocycles. The summed E-state index contributed by atoms with van der Waals surface area (Å²) < 4.78 is 35.2. The van der Waals surface area contributed by atoms with Crippen molar-refractivity contribution >= 4 is 47.0 Å². The van der Waals surface area contributed by atoms with Gasteiger partial charge in [0, 0.05) is 35.9 Å². The summed E-state index contributed by atoms with van der Waals surface area (Å²) in [5, 5.41) is 9.86. The zero-order chi connectivity index (χ0) is 21.4. The van der Waals surface area contributed by atoms with E-state index in [1.54, 1.807) is 6.07 Å². The van der Waals surface area contributed by atoms with Crippen molar-refractivity contribution in [2.75, 3.05) is 20.0 Å². The predicted octanol–water partition coefficient (Wildman–Crippen LogP) is 5.54. The van der Waals surface area contributed by atoms with Gasteiger partial charge in [0.1, 0.15) is 24.8 Å². The Balaban J connectivity index is 1.88. The highest BCUT2D eigenvalue weighted by Crippen LogP contribution is 2.59. The van der Waals surface area contributed by atoms with Gasteiger partial charge in [-0.05, 0) is 30.7 Å². The number of hydrogen-bond donors (Lipinski definition) is 1. The molecule has 2 aliphatic rings. The van der Waals surface area contributed by atoms with E-state index in [0.29, 0.717) is 17.5 Å². The highest BCUT2D eigenvalue weighted by molar-refractivity contribution is 9.10. The fourth-order valence-corrected chi connectivity index (χ4v) is 5.92. The SMILES string of the molecule is C[Si](C)(C)CCOCN(C(=O)O)C1=N[C@](CF)(c2cc(Br)ccc2F)[C@@H]2C[C@@H]2S1.